The third-order valence-corrected chi connectivity index (χ3v) is 3.31. The molecule has 0 aromatic heterocycles. The lowest BCUT2D eigenvalue weighted by molar-refractivity contribution is 0.0987. The second-order valence-electron chi connectivity index (χ2n) is 5.31. The van der Waals surface area contributed by atoms with Gasteiger partial charge in [-0.1, -0.05) is 12.1 Å². The summed E-state index contributed by atoms with van der Waals surface area (Å²) in [6.45, 7) is 2.07. The van der Waals surface area contributed by atoms with Gasteiger partial charge in [-0.15, -0.1) is 0 Å². The Balaban J connectivity index is 1.88. The number of aromatic hydroxyl groups is 3. The summed E-state index contributed by atoms with van der Waals surface area (Å²) in [6.07, 6.45) is 0.721. The van der Waals surface area contributed by atoms with Crippen molar-refractivity contribution in [1.82, 2.24) is 5.32 Å². The number of phenols is 3. The maximum atomic E-state index is 12.0. The summed E-state index contributed by atoms with van der Waals surface area (Å²) in [7, 11) is 0. The Morgan fingerprint density at radius 3 is 2.18 bits per heavy atom. The van der Waals surface area contributed by atoms with Crippen LogP contribution in [0.1, 0.15) is 22.8 Å². The Labute approximate surface area is 128 Å². The molecule has 0 amide bonds. The molecule has 0 fully saturated rings. The van der Waals surface area contributed by atoms with Crippen LogP contribution in [-0.2, 0) is 6.42 Å². The minimum absolute atomic E-state index is 0.0689. The van der Waals surface area contributed by atoms with Crippen LogP contribution in [0.3, 0.4) is 0 Å². The van der Waals surface area contributed by atoms with Gasteiger partial charge in [-0.25, -0.2) is 0 Å². The second kappa shape index (κ2) is 6.95. The third kappa shape index (κ3) is 4.49. The number of hydrogen-bond donors (Lipinski definition) is 4. The standard InChI is InChI=1S/C17H19NO4/c1-11(6-12-2-4-14(19)5-3-12)18-10-17(22)13-7-15(20)9-16(21)8-13/h2-5,7-9,11,18-21H,6,10H2,1H3. The van der Waals surface area contributed by atoms with E-state index in [0.717, 1.165) is 12.0 Å². The maximum Gasteiger partial charge on any atom is 0.176 e. The summed E-state index contributed by atoms with van der Waals surface area (Å²) in [5.74, 6) is -0.257. The second-order valence-corrected chi connectivity index (χ2v) is 5.31. The van der Waals surface area contributed by atoms with Crippen LogP contribution in [0.15, 0.2) is 42.5 Å². The summed E-state index contributed by atoms with van der Waals surface area (Å²) in [5, 5.41) is 31.1. The lowest BCUT2D eigenvalue weighted by atomic mass is 10.1. The molecule has 1 unspecified atom stereocenters. The van der Waals surface area contributed by atoms with Gasteiger partial charge in [0, 0.05) is 17.7 Å². The van der Waals surface area contributed by atoms with Crippen LogP contribution < -0.4 is 5.32 Å². The van der Waals surface area contributed by atoms with Gasteiger partial charge in [0.05, 0.1) is 6.54 Å². The monoisotopic (exact) mass is 301 g/mol. The van der Waals surface area contributed by atoms with E-state index in [9.17, 15) is 20.1 Å². The number of rotatable bonds is 6. The lowest BCUT2D eigenvalue weighted by Gasteiger charge is -2.13. The van der Waals surface area contributed by atoms with E-state index in [1.54, 1.807) is 12.1 Å². The van der Waals surface area contributed by atoms with Crippen molar-refractivity contribution in [2.45, 2.75) is 19.4 Å². The molecule has 0 bridgehead atoms. The molecular weight excluding hydrogens is 282 g/mol. The smallest absolute Gasteiger partial charge is 0.176 e. The van der Waals surface area contributed by atoms with E-state index in [4.69, 9.17) is 0 Å². The van der Waals surface area contributed by atoms with Crippen molar-refractivity contribution in [2.24, 2.45) is 0 Å². The van der Waals surface area contributed by atoms with Crippen LogP contribution in [0, 0.1) is 0 Å². The highest BCUT2D eigenvalue weighted by molar-refractivity contribution is 5.98. The lowest BCUT2D eigenvalue weighted by Crippen LogP contribution is -2.33. The zero-order valence-electron chi connectivity index (χ0n) is 12.3. The van der Waals surface area contributed by atoms with Crippen LogP contribution >= 0.6 is 0 Å². The molecule has 5 heteroatoms. The molecule has 0 saturated heterocycles. The average molecular weight is 301 g/mol. The normalized spacial score (nSPS) is 12.0. The molecule has 1 atom stereocenters. The van der Waals surface area contributed by atoms with Gasteiger partial charge in [-0.3, -0.25) is 4.79 Å². The molecule has 116 valence electrons. The summed E-state index contributed by atoms with van der Waals surface area (Å²) in [5.41, 5.74) is 1.32. The van der Waals surface area contributed by atoms with E-state index in [1.165, 1.54) is 18.2 Å². The topological polar surface area (TPSA) is 89.8 Å². The molecule has 2 aromatic carbocycles. The number of ketones is 1. The van der Waals surface area contributed by atoms with Crippen molar-refractivity contribution >= 4 is 5.78 Å². The molecule has 0 heterocycles. The molecule has 2 rings (SSSR count). The van der Waals surface area contributed by atoms with Gasteiger partial charge in [-0.2, -0.15) is 0 Å². The Bertz CT molecular complexity index is 632. The number of nitrogens with one attached hydrogen (secondary N) is 1. The molecular formula is C17H19NO4. The highest BCUT2D eigenvalue weighted by atomic mass is 16.3. The van der Waals surface area contributed by atoms with Crippen LogP contribution in [0.5, 0.6) is 17.2 Å². The van der Waals surface area contributed by atoms with Crippen molar-refractivity contribution in [3.8, 4) is 17.2 Å². The Kier molecular flexibility index (Phi) is 5.01. The van der Waals surface area contributed by atoms with Crippen molar-refractivity contribution in [3.05, 3.63) is 53.6 Å². The first-order valence-corrected chi connectivity index (χ1v) is 7.01. The number of benzene rings is 2. The molecule has 0 spiro atoms. The predicted molar refractivity (Wildman–Crippen MR) is 83.4 cm³/mol. The average Bonchev–Trinajstić information content (AvgIpc) is 2.46. The zero-order valence-corrected chi connectivity index (χ0v) is 12.3. The summed E-state index contributed by atoms with van der Waals surface area (Å²) in [4.78, 5) is 12.0. The van der Waals surface area contributed by atoms with Crippen molar-refractivity contribution in [3.63, 3.8) is 0 Å². The number of phenolic OH excluding ortho intramolecular Hbond substituents is 3. The SMILES string of the molecule is CC(Cc1ccc(O)cc1)NCC(=O)c1cc(O)cc(O)c1. The number of carbonyl (C=O) groups is 1. The van der Waals surface area contributed by atoms with Crippen molar-refractivity contribution in [2.75, 3.05) is 6.54 Å². The van der Waals surface area contributed by atoms with E-state index < -0.39 is 0 Å². The first-order chi connectivity index (χ1) is 10.4. The first kappa shape index (κ1) is 15.9. The molecule has 0 aliphatic rings. The highest BCUT2D eigenvalue weighted by Crippen LogP contribution is 2.20. The molecule has 5 nitrogen and oxygen atoms in total. The van der Waals surface area contributed by atoms with E-state index in [2.05, 4.69) is 5.32 Å². The van der Waals surface area contributed by atoms with Gasteiger partial charge >= 0.3 is 0 Å². The molecule has 0 aliphatic heterocycles. The Morgan fingerprint density at radius 1 is 1.00 bits per heavy atom. The third-order valence-electron chi connectivity index (χ3n) is 3.31. The summed E-state index contributed by atoms with van der Waals surface area (Å²) < 4.78 is 0. The predicted octanol–water partition coefficient (Wildman–Crippen LogP) is 2.21. The van der Waals surface area contributed by atoms with E-state index in [0.29, 0.717) is 0 Å². The van der Waals surface area contributed by atoms with E-state index in [1.807, 2.05) is 19.1 Å². The number of Topliss-reactive ketones (excluding diaryl/α,β-unsaturated/α-hetero) is 1. The fourth-order valence-electron chi connectivity index (χ4n) is 2.18. The van der Waals surface area contributed by atoms with Crippen molar-refractivity contribution in [1.29, 1.82) is 0 Å². The summed E-state index contributed by atoms with van der Waals surface area (Å²) >= 11 is 0. The van der Waals surface area contributed by atoms with Gasteiger partial charge < -0.3 is 20.6 Å². The minimum Gasteiger partial charge on any atom is -0.508 e. The maximum absolute atomic E-state index is 12.0. The van der Waals surface area contributed by atoms with Crippen LogP contribution in [0.25, 0.3) is 0 Å². The summed E-state index contributed by atoms with van der Waals surface area (Å²) in [6, 6.07) is 10.8. The van der Waals surface area contributed by atoms with Crippen LogP contribution in [0.4, 0.5) is 0 Å². The Morgan fingerprint density at radius 2 is 1.59 bits per heavy atom. The van der Waals surface area contributed by atoms with Gasteiger partial charge in [-0.05, 0) is 43.2 Å². The van der Waals surface area contributed by atoms with Gasteiger partial charge in [0.25, 0.3) is 0 Å². The molecule has 2 aromatic rings. The molecule has 22 heavy (non-hydrogen) atoms. The highest BCUT2D eigenvalue weighted by Gasteiger charge is 2.11. The minimum atomic E-state index is -0.205. The van der Waals surface area contributed by atoms with Crippen LogP contribution in [-0.4, -0.2) is 33.7 Å². The van der Waals surface area contributed by atoms with E-state index in [-0.39, 0.29) is 41.2 Å². The fraction of sp³-hybridized carbons (Fsp3) is 0.235. The van der Waals surface area contributed by atoms with Gasteiger partial charge in [0.15, 0.2) is 5.78 Å². The molecule has 4 N–H and O–H groups in total. The van der Waals surface area contributed by atoms with Crippen LogP contribution in [0.2, 0.25) is 0 Å². The first-order valence-electron chi connectivity index (χ1n) is 7.01. The molecule has 0 saturated carbocycles. The largest absolute Gasteiger partial charge is 0.508 e. The molecule has 0 radical (unpaired) electrons. The quantitative estimate of drug-likeness (QED) is 0.614. The van der Waals surface area contributed by atoms with Gasteiger partial charge in [0.2, 0.25) is 0 Å². The zero-order chi connectivity index (χ0) is 16.1. The van der Waals surface area contributed by atoms with Gasteiger partial charge in [0.1, 0.15) is 17.2 Å². The van der Waals surface area contributed by atoms with Crippen molar-refractivity contribution < 1.29 is 20.1 Å². The fourth-order valence-corrected chi connectivity index (χ4v) is 2.18. The molecule has 0 aliphatic carbocycles. The Hall–Kier alpha value is -2.53. The van der Waals surface area contributed by atoms with E-state index >= 15 is 0 Å². The number of hydrogen-bond acceptors (Lipinski definition) is 5. The number of carbonyl (C=O) groups excluding carboxylic acids is 1.